The van der Waals surface area contributed by atoms with Crippen molar-refractivity contribution in [1.82, 2.24) is 0 Å². The minimum absolute atomic E-state index is 0.304. The van der Waals surface area contributed by atoms with E-state index < -0.39 is 0 Å². The first-order valence-electron chi connectivity index (χ1n) is 14.3. The van der Waals surface area contributed by atoms with E-state index in [0.29, 0.717) is 11.0 Å². The maximum absolute atomic E-state index is 8.00. The monoisotopic (exact) mass is 448 g/mol. The van der Waals surface area contributed by atoms with Gasteiger partial charge in [0.05, 0.1) is 5.60 Å². The van der Waals surface area contributed by atoms with Gasteiger partial charge in [0, 0.05) is 6.61 Å². The van der Waals surface area contributed by atoms with Crippen molar-refractivity contribution in [2.75, 3.05) is 6.61 Å². The summed E-state index contributed by atoms with van der Waals surface area (Å²) in [6, 6.07) is 0. The lowest BCUT2D eigenvalue weighted by Gasteiger charge is -2.53. The molecule has 0 radical (unpaired) electrons. The van der Waals surface area contributed by atoms with Crippen molar-refractivity contribution in [1.29, 1.82) is 0 Å². The number of hydrogen-bond donors (Lipinski definition) is 0. The molecule has 7 unspecified atom stereocenters. The fraction of sp³-hybridized carbons (Fsp3) is 0.900. The zero-order valence-electron chi connectivity index (χ0n) is 23.0. The van der Waals surface area contributed by atoms with Crippen LogP contribution in [0.1, 0.15) is 126 Å². The zero-order chi connectivity index (χ0) is 24.4. The third-order valence-electron chi connectivity index (χ3n) is 9.37. The highest BCUT2D eigenvalue weighted by Gasteiger charge is 2.55. The van der Waals surface area contributed by atoms with Crippen LogP contribution in [0.4, 0.5) is 0 Å². The van der Waals surface area contributed by atoms with Crippen molar-refractivity contribution in [3.63, 3.8) is 0 Å². The summed E-state index contributed by atoms with van der Waals surface area (Å²) in [4.78, 5) is 8.00. The molecule has 4 fully saturated rings. The van der Waals surface area contributed by atoms with E-state index in [2.05, 4.69) is 19.9 Å². The second-order valence-electron chi connectivity index (χ2n) is 10.1. The highest BCUT2D eigenvalue weighted by molar-refractivity contribution is 5.25. The molecule has 0 N–H and O–H groups in total. The van der Waals surface area contributed by atoms with Gasteiger partial charge in [-0.3, -0.25) is 0 Å². The highest BCUT2D eigenvalue weighted by atomic mass is 16.5. The summed E-state index contributed by atoms with van der Waals surface area (Å²) in [5, 5.41) is 0. The summed E-state index contributed by atoms with van der Waals surface area (Å²) in [5.74, 6) is 4.79. The van der Waals surface area contributed by atoms with Crippen molar-refractivity contribution in [2.24, 2.45) is 35.0 Å². The lowest BCUT2D eigenvalue weighted by molar-refractivity contribution is -0.0980. The molecule has 4 aliphatic carbocycles. The van der Waals surface area contributed by atoms with Gasteiger partial charge in [0.2, 0.25) is 0 Å². The minimum atomic E-state index is 0.304. The molecule has 0 aromatic heterocycles. The largest absolute Gasteiger partial charge is 0.375 e. The Hall–Kier alpha value is -0.630. The van der Waals surface area contributed by atoms with E-state index >= 15 is 0 Å². The molecule has 2 heteroatoms. The average molecular weight is 449 g/mol. The Bertz CT molecular complexity index is 547. The van der Waals surface area contributed by atoms with E-state index in [1.165, 1.54) is 70.6 Å². The van der Waals surface area contributed by atoms with Crippen LogP contribution in [0, 0.1) is 35.0 Å². The van der Waals surface area contributed by atoms with Crippen LogP contribution in [0.25, 0.3) is 0 Å². The number of ether oxygens (including phenoxy) is 1. The lowest BCUT2D eigenvalue weighted by Crippen LogP contribution is -2.46. The van der Waals surface area contributed by atoms with Crippen molar-refractivity contribution < 1.29 is 9.53 Å². The van der Waals surface area contributed by atoms with E-state index in [9.17, 15) is 0 Å². The quantitative estimate of drug-likeness (QED) is 0.374. The van der Waals surface area contributed by atoms with Crippen LogP contribution in [-0.2, 0) is 9.53 Å². The van der Waals surface area contributed by atoms with Crippen molar-refractivity contribution in [2.45, 2.75) is 132 Å². The number of fused-ring (bicyclic) bond motifs is 5. The molecule has 2 nitrogen and oxygen atoms in total. The number of carbonyl (C=O) groups excluding carboxylic acids is 1. The van der Waals surface area contributed by atoms with Gasteiger partial charge >= 0.3 is 0 Å². The third-order valence-corrected chi connectivity index (χ3v) is 9.37. The lowest BCUT2D eigenvalue weighted by atomic mass is 9.52. The Balaban J connectivity index is 0.000000581. The van der Waals surface area contributed by atoms with Crippen LogP contribution in [0.5, 0.6) is 0 Å². The average Bonchev–Trinajstić information content (AvgIpc) is 3.47. The van der Waals surface area contributed by atoms with Gasteiger partial charge in [0.15, 0.2) is 0 Å². The number of hydrogen-bond acceptors (Lipinski definition) is 2. The van der Waals surface area contributed by atoms with Crippen molar-refractivity contribution in [3.8, 4) is 0 Å². The van der Waals surface area contributed by atoms with Gasteiger partial charge in [-0.25, -0.2) is 0 Å². The van der Waals surface area contributed by atoms with Gasteiger partial charge in [-0.1, -0.05) is 73.5 Å². The van der Waals surface area contributed by atoms with Crippen LogP contribution in [0.15, 0.2) is 11.6 Å². The Morgan fingerprint density at radius 2 is 1.62 bits per heavy atom. The summed E-state index contributed by atoms with van der Waals surface area (Å²) in [5.41, 5.74) is 2.86. The molecule has 1 aliphatic heterocycles. The van der Waals surface area contributed by atoms with Crippen LogP contribution in [0.3, 0.4) is 0 Å². The van der Waals surface area contributed by atoms with Crippen molar-refractivity contribution >= 4 is 6.79 Å². The SMILES string of the molecule is C=O.CC.CC.CC.CCC1CCC2C3CCC4CC5(CCCO5)CCC4C3=CCC12C. The van der Waals surface area contributed by atoms with E-state index in [4.69, 9.17) is 9.53 Å². The molecule has 0 amide bonds. The molecule has 188 valence electrons. The fourth-order valence-electron chi connectivity index (χ4n) is 8.13. The Kier molecular flexibility index (Phi) is 12.8. The summed E-state index contributed by atoms with van der Waals surface area (Å²) in [7, 11) is 0. The molecule has 32 heavy (non-hydrogen) atoms. The molecule has 0 bridgehead atoms. The van der Waals surface area contributed by atoms with Gasteiger partial charge in [0.1, 0.15) is 6.79 Å². The molecule has 0 aromatic rings. The number of rotatable bonds is 1. The van der Waals surface area contributed by atoms with Gasteiger partial charge in [-0.05, 0) is 99.2 Å². The smallest absolute Gasteiger partial charge is 0.106 e. The molecule has 5 aliphatic rings. The summed E-state index contributed by atoms with van der Waals surface area (Å²) >= 11 is 0. The zero-order valence-corrected chi connectivity index (χ0v) is 23.0. The van der Waals surface area contributed by atoms with Gasteiger partial charge in [0.25, 0.3) is 0 Å². The van der Waals surface area contributed by atoms with E-state index in [0.717, 1.165) is 36.2 Å². The minimum Gasteiger partial charge on any atom is -0.375 e. The summed E-state index contributed by atoms with van der Waals surface area (Å²) < 4.78 is 6.26. The first-order chi connectivity index (χ1) is 15.7. The van der Waals surface area contributed by atoms with Crippen LogP contribution in [0.2, 0.25) is 0 Å². The Morgan fingerprint density at radius 3 is 2.22 bits per heavy atom. The van der Waals surface area contributed by atoms with Crippen LogP contribution in [-0.4, -0.2) is 19.0 Å². The topological polar surface area (TPSA) is 26.3 Å². The highest BCUT2D eigenvalue weighted by Crippen LogP contribution is 2.63. The van der Waals surface area contributed by atoms with E-state index in [1.54, 1.807) is 0 Å². The number of carbonyl (C=O) groups is 1. The summed E-state index contributed by atoms with van der Waals surface area (Å²) in [6.07, 6.45) is 18.3. The predicted molar refractivity (Wildman–Crippen MR) is 140 cm³/mol. The van der Waals surface area contributed by atoms with Crippen LogP contribution < -0.4 is 0 Å². The van der Waals surface area contributed by atoms with Crippen LogP contribution >= 0.6 is 0 Å². The molecule has 0 aromatic carbocycles. The van der Waals surface area contributed by atoms with Gasteiger partial charge in [-0.2, -0.15) is 0 Å². The Morgan fingerprint density at radius 1 is 0.938 bits per heavy atom. The molecule has 1 spiro atoms. The van der Waals surface area contributed by atoms with Crippen molar-refractivity contribution in [3.05, 3.63) is 11.6 Å². The summed E-state index contributed by atoms with van der Waals surface area (Å²) in [6.45, 7) is 20.1. The normalized spacial score (nSPS) is 40.8. The first-order valence-corrected chi connectivity index (χ1v) is 14.3. The molecule has 3 saturated carbocycles. The first kappa shape index (κ1) is 29.4. The second kappa shape index (κ2) is 13.9. The molecular formula is C30H56O2. The molecule has 5 rings (SSSR count). The molecule has 7 atom stereocenters. The van der Waals surface area contributed by atoms with Gasteiger partial charge < -0.3 is 9.53 Å². The molecule has 1 saturated heterocycles. The second-order valence-corrected chi connectivity index (χ2v) is 10.1. The fourth-order valence-corrected chi connectivity index (χ4v) is 8.13. The Labute approximate surface area is 201 Å². The van der Waals surface area contributed by atoms with Gasteiger partial charge in [-0.15, -0.1) is 0 Å². The molecular weight excluding hydrogens is 392 g/mol. The predicted octanol–water partition coefficient (Wildman–Crippen LogP) is 9.03. The van der Waals surface area contributed by atoms with E-state index in [-0.39, 0.29) is 0 Å². The maximum Gasteiger partial charge on any atom is 0.106 e. The number of allylic oxidation sites excluding steroid dienone is 2. The maximum atomic E-state index is 8.00. The standard InChI is InChI=1S/C23H36O.3C2H6.CH2O/c1-3-17-6-8-21-20-7-5-16-15-23(11-4-14-24-23)13-10-18(16)19(20)9-12-22(17,21)2;4*1-2/h9,16-18,20-21H,3-8,10-15H2,1-2H3;3*1-2H3;1H2. The third kappa shape index (κ3) is 5.53. The van der Waals surface area contributed by atoms with E-state index in [1.807, 2.05) is 53.9 Å². The molecule has 1 heterocycles.